The zero-order chi connectivity index (χ0) is 31.0. The van der Waals surface area contributed by atoms with Crippen molar-refractivity contribution in [3.05, 3.63) is 114 Å². The van der Waals surface area contributed by atoms with E-state index in [4.69, 9.17) is 13.1 Å². The van der Waals surface area contributed by atoms with Gasteiger partial charge in [0.25, 0.3) is 0 Å². The summed E-state index contributed by atoms with van der Waals surface area (Å²) in [5.41, 5.74) is -0.113. The number of halogens is 3. The number of aromatic nitrogens is 1. The van der Waals surface area contributed by atoms with Gasteiger partial charge in [-0.15, -0.1) is 0 Å². The van der Waals surface area contributed by atoms with Crippen LogP contribution in [0.25, 0.3) is 16.3 Å². The Hall–Kier alpha value is -1.57. The Kier molecular flexibility index (Phi) is 12.7. The fraction of sp³-hybridized carbons (Fsp3) is 0.214. The molecule has 0 unspecified atom stereocenters. The molecule has 5 rings (SSSR count). The van der Waals surface area contributed by atoms with E-state index in [-0.39, 0.29) is 70.3 Å². The molecule has 1 aliphatic carbocycles. The maximum absolute atomic E-state index is 13.3. The average molecular weight is 684 g/mol. The maximum Gasteiger partial charge on any atom is 1.00 e. The molecular formula is C28H22F3NNa2O9S2. The van der Waals surface area contributed by atoms with Crippen molar-refractivity contribution in [3.63, 3.8) is 0 Å². The SMILES string of the molecule is O=S(=O)([O-])O[C@H]1[C@H](OCc2cccc(C(F)(F)F)c2)[C@@H](c2cc[nH]c2)C=C(c2cccc3ccccc23)[C@H]1OS(=O)(=O)[O-].[Na+].[Na+]. The molecule has 4 atom stereocenters. The first-order valence-electron chi connectivity index (χ1n) is 12.6. The fourth-order valence-electron chi connectivity index (χ4n) is 5.19. The summed E-state index contributed by atoms with van der Waals surface area (Å²) < 4.78 is 127. The normalized spacial score (nSPS) is 20.6. The van der Waals surface area contributed by atoms with Gasteiger partial charge in [0.1, 0.15) is 12.2 Å². The van der Waals surface area contributed by atoms with Gasteiger partial charge in [-0.2, -0.15) is 13.2 Å². The van der Waals surface area contributed by atoms with Crippen LogP contribution in [0.3, 0.4) is 0 Å². The monoisotopic (exact) mass is 683 g/mol. The van der Waals surface area contributed by atoms with Crippen LogP contribution in [0.15, 0.2) is 91.3 Å². The van der Waals surface area contributed by atoms with E-state index in [1.807, 2.05) is 0 Å². The van der Waals surface area contributed by atoms with Crippen LogP contribution in [0.1, 0.15) is 28.2 Å². The Labute approximate surface area is 301 Å². The molecule has 0 amide bonds. The van der Waals surface area contributed by atoms with Gasteiger partial charge in [0.2, 0.25) is 20.8 Å². The smallest absolute Gasteiger partial charge is 0.726 e. The van der Waals surface area contributed by atoms with Crippen molar-refractivity contribution >= 4 is 37.1 Å². The van der Waals surface area contributed by atoms with E-state index in [0.717, 1.165) is 18.2 Å². The van der Waals surface area contributed by atoms with Crippen LogP contribution in [-0.4, -0.2) is 49.2 Å². The molecule has 0 bridgehead atoms. The van der Waals surface area contributed by atoms with Gasteiger partial charge in [0.15, 0.2) is 0 Å². The van der Waals surface area contributed by atoms with Crippen LogP contribution in [0.5, 0.6) is 0 Å². The summed E-state index contributed by atoms with van der Waals surface area (Å²) in [5, 5.41) is 1.28. The summed E-state index contributed by atoms with van der Waals surface area (Å²) in [6.45, 7) is -0.539. The Morgan fingerprint density at radius 3 is 2.13 bits per heavy atom. The van der Waals surface area contributed by atoms with Gasteiger partial charge in [-0.25, -0.2) is 16.8 Å². The Balaban J connectivity index is 0.00000276. The predicted molar refractivity (Wildman–Crippen MR) is 145 cm³/mol. The van der Waals surface area contributed by atoms with E-state index >= 15 is 0 Å². The maximum atomic E-state index is 13.3. The van der Waals surface area contributed by atoms with Crippen molar-refractivity contribution in [2.24, 2.45) is 0 Å². The minimum absolute atomic E-state index is 0. The minimum atomic E-state index is -5.59. The molecule has 1 aliphatic rings. The molecule has 0 saturated carbocycles. The number of hydrogen-bond donors (Lipinski definition) is 1. The summed E-state index contributed by atoms with van der Waals surface area (Å²) in [6.07, 6.45) is -5.70. The van der Waals surface area contributed by atoms with Crippen molar-refractivity contribution in [2.45, 2.75) is 37.0 Å². The molecule has 17 heteroatoms. The van der Waals surface area contributed by atoms with Gasteiger partial charge in [0, 0.05) is 18.3 Å². The van der Waals surface area contributed by atoms with Crippen molar-refractivity contribution < 1.29 is 111 Å². The number of ether oxygens (including phenoxy) is 1. The molecule has 0 aliphatic heterocycles. The van der Waals surface area contributed by atoms with Crippen LogP contribution < -0.4 is 59.1 Å². The molecule has 10 nitrogen and oxygen atoms in total. The van der Waals surface area contributed by atoms with Gasteiger partial charge in [0.05, 0.1) is 18.3 Å². The molecule has 0 radical (unpaired) electrons. The number of alkyl halides is 3. The quantitative estimate of drug-likeness (QED) is 0.128. The Morgan fingerprint density at radius 1 is 0.822 bits per heavy atom. The Morgan fingerprint density at radius 2 is 1.49 bits per heavy atom. The summed E-state index contributed by atoms with van der Waals surface area (Å²) in [5.74, 6) is -0.966. The zero-order valence-electron chi connectivity index (χ0n) is 23.8. The van der Waals surface area contributed by atoms with E-state index in [1.165, 1.54) is 24.5 Å². The van der Waals surface area contributed by atoms with Crippen LogP contribution in [0, 0.1) is 0 Å². The minimum Gasteiger partial charge on any atom is -0.726 e. The average Bonchev–Trinajstić information content (AvgIpc) is 3.46. The number of nitrogens with one attached hydrogen (secondary N) is 1. The molecule has 4 aromatic rings. The van der Waals surface area contributed by atoms with E-state index in [9.17, 15) is 39.1 Å². The number of hydrogen-bond acceptors (Lipinski definition) is 9. The van der Waals surface area contributed by atoms with E-state index in [2.05, 4.69) is 4.98 Å². The fourth-order valence-corrected chi connectivity index (χ4v) is 6.14. The topological polar surface area (TPSA) is 158 Å². The Bertz CT molecular complexity index is 1860. The summed E-state index contributed by atoms with van der Waals surface area (Å²) in [7, 11) is -11.1. The van der Waals surface area contributed by atoms with E-state index < -0.39 is 63.4 Å². The number of rotatable bonds is 9. The summed E-state index contributed by atoms with van der Waals surface area (Å²) in [6, 6.07) is 17.7. The molecule has 3 aromatic carbocycles. The number of H-pyrrole nitrogens is 1. The van der Waals surface area contributed by atoms with Crippen LogP contribution in [0.2, 0.25) is 0 Å². The second-order valence-electron chi connectivity index (χ2n) is 9.69. The van der Waals surface area contributed by atoms with Gasteiger partial charge in [-0.1, -0.05) is 60.7 Å². The van der Waals surface area contributed by atoms with E-state index in [0.29, 0.717) is 21.9 Å². The first kappa shape index (κ1) is 37.9. The van der Waals surface area contributed by atoms with E-state index in [1.54, 1.807) is 48.5 Å². The first-order chi connectivity index (χ1) is 20.2. The molecule has 0 spiro atoms. The predicted octanol–water partition coefficient (Wildman–Crippen LogP) is -1.35. The van der Waals surface area contributed by atoms with Crippen molar-refractivity contribution in [1.29, 1.82) is 0 Å². The number of fused-ring (bicyclic) bond motifs is 1. The molecule has 1 aromatic heterocycles. The van der Waals surface area contributed by atoms with Crippen LogP contribution >= 0.6 is 0 Å². The summed E-state index contributed by atoms with van der Waals surface area (Å²) in [4.78, 5) is 2.83. The standard InChI is InChI=1S/C28H24F3NO9S2.2Na/c29-28(30,31)20-8-3-5-17(13-20)16-39-25-23(19-11-12-32-15-19)14-24(22-10-4-7-18-6-1-2-9-21(18)22)26(40-42(33,34)35)27(25)41-43(36,37)38;;/h1-15,23,25-27,32H,16H2,(H,33,34,35)(H,36,37,38);;/q;2*+1/p-2/t23-,25-,26-,27+;;/m1../s1. The van der Waals surface area contributed by atoms with Gasteiger partial charge in [-0.3, -0.25) is 8.37 Å². The van der Waals surface area contributed by atoms with Crippen LogP contribution in [-0.2, 0) is 46.7 Å². The third-order valence-corrected chi connectivity index (χ3v) is 7.80. The first-order valence-corrected chi connectivity index (χ1v) is 15.2. The van der Waals surface area contributed by atoms with Gasteiger partial charge >= 0.3 is 65.3 Å². The van der Waals surface area contributed by atoms with Gasteiger partial charge < -0.3 is 18.8 Å². The summed E-state index contributed by atoms with van der Waals surface area (Å²) >= 11 is 0. The zero-order valence-corrected chi connectivity index (χ0v) is 29.4. The molecule has 0 saturated heterocycles. The van der Waals surface area contributed by atoms with Gasteiger partial charge in [-0.05, 0) is 51.2 Å². The second-order valence-corrected chi connectivity index (χ2v) is 11.7. The molecule has 45 heavy (non-hydrogen) atoms. The third kappa shape index (κ3) is 9.50. The largest absolute Gasteiger partial charge is 1.00 e. The molecule has 1 N–H and O–H groups in total. The second kappa shape index (κ2) is 15.1. The molecule has 228 valence electrons. The van der Waals surface area contributed by atoms with Crippen molar-refractivity contribution in [3.8, 4) is 0 Å². The van der Waals surface area contributed by atoms with Crippen LogP contribution in [0.4, 0.5) is 13.2 Å². The number of benzene rings is 3. The van der Waals surface area contributed by atoms with Crippen molar-refractivity contribution in [2.75, 3.05) is 0 Å². The molecule has 0 fully saturated rings. The number of aromatic amines is 1. The molecule has 1 heterocycles. The third-order valence-electron chi connectivity index (χ3n) is 6.90. The van der Waals surface area contributed by atoms with Crippen molar-refractivity contribution in [1.82, 2.24) is 4.98 Å². The molecular weight excluding hydrogens is 661 g/mol.